The summed E-state index contributed by atoms with van der Waals surface area (Å²) in [5.74, 6) is 0.432. The Morgan fingerprint density at radius 2 is 2.13 bits per heavy atom. The van der Waals surface area contributed by atoms with Crippen LogP contribution in [0.1, 0.15) is 32.9 Å². The minimum atomic E-state index is -1.25. The van der Waals surface area contributed by atoms with Crippen molar-refractivity contribution >= 4 is 30.0 Å². The fourth-order valence-corrected chi connectivity index (χ4v) is 4.52. The fraction of sp³-hybridized carbons (Fsp3) is 0.591. The van der Waals surface area contributed by atoms with Crippen LogP contribution in [-0.2, 0) is 4.74 Å². The predicted molar refractivity (Wildman–Crippen MR) is 128 cm³/mol. The quantitative estimate of drug-likeness (QED) is 0.399. The number of methoxy groups -OCH3 is 1. The summed E-state index contributed by atoms with van der Waals surface area (Å²) in [4.78, 5) is 9.04. The lowest BCUT2D eigenvalue weighted by molar-refractivity contribution is -0.0353. The van der Waals surface area contributed by atoms with E-state index in [1.165, 1.54) is 5.57 Å². The molecule has 9 heteroatoms. The molecule has 3 heterocycles. The smallest absolute Gasteiger partial charge is 0.217 e. The number of allylic oxidation sites excluding steroid dienone is 1. The van der Waals surface area contributed by atoms with E-state index < -0.39 is 31.4 Å². The summed E-state index contributed by atoms with van der Waals surface area (Å²) >= 11 is 0. The predicted octanol–water partition coefficient (Wildman–Crippen LogP) is 2.93. The molecule has 4 atom stereocenters. The first-order chi connectivity index (χ1) is 14.6. The number of fused-ring (bicyclic) bond motifs is 1. The molecule has 1 unspecified atom stereocenters. The Balaban J connectivity index is 1.89. The largest absolute Gasteiger partial charge is 0.481 e. The number of nitrogens with one attached hydrogen (secondary N) is 1. The summed E-state index contributed by atoms with van der Waals surface area (Å²) in [5.41, 5.74) is 3.27. The highest BCUT2D eigenvalue weighted by atomic mass is 31.2. The number of imidazole rings is 1. The van der Waals surface area contributed by atoms with Gasteiger partial charge in [-0.15, -0.1) is 13.2 Å². The van der Waals surface area contributed by atoms with E-state index in [9.17, 15) is 10.2 Å². The molecule has 1 saturated heterocycles. The summed E-state index contributed by atoms with van der Waals surface area (Å²) in [6.45, 7) is 7.91. The highest BCUT2D eigenvalue weighted by Gasteiger charge is 2.44. The van der Waals surface area contributed by atoms with Gasteiger partial charge in [0.25, 0.3) is 0 Å². The minimum absolute atomic E-state index is 0.432. The first-order valence-corrected chi connectivity index (χ1v) is 13.7. The van der Waals surface area contributed by atoms with Crippen molar-refractivity contribution in [2.45, 2.75) is 51.2 Å². The van der Waals surface area contributed by atoms with E-state index in [1.54, 1.807) is 24.1 Å². The molecular weight excluding hydrogens is 415 g/mol. The average Bonchev–Trinajstić information content (AvgIpc) is 3.27. The third kappa shape index (κ3) is 5.50. The minimum Gasteiger partial charge on any atom is -0.481 e. The van der Waals surface area contributed by atoms with Crippen LogP contribution in [0.25, 0.3) is 11.2 Å². The van der Waals surface area contributed by atoms with Gasteiger partial charge in [-0.25, -0.2) is 4.98 Å². The topological polar surface area (TPSA) is 102 Å². The van der Waals surface area contributed by atoms with Gasteiger partial charge in [-0.3, -0.25) is 4.57 Å². The Labute approximate surface area is 184 Å². The molecule has 0 aromatic carbocycles. The van der Waals surface area contributed by atoms with Crippen molar-refractivity contribution in [1.29, 1.82) is 0 Å². The van der Waals surface area contributed by atoms with Crippen LogP contribution in [0.3, 0.4) is 0 Å². The van der Waals surface area contributed by atoms with Gasteiger partial charge in [-0.2, -0.15) is 4.98 Å². The van der Waals surface area contributed by atoms with Crippen molar-refractivity contribution in [3.8, 4) is 5.88 Å². The SMILES string of the molecule is C=P(C)(C)CC[C@H]1OC(n2cnc3c(NC/C=C(/C)CC)cc(OC)nc32)[C@H](O)[C@@H]1O. The molecule has 0 aliphatic carbocycles. The molecule has 2 aromatic rings. The monoisotopic (exact) mass is 450 g/mol. The number of anilines is 1. The van der Waals surface area contributed by atoms with Gasteiger partial charge in [0.2, 0.25) is 5.88 Å². The van der Waals surface area contributed by atoms with Crippen LogP contribution in [0.2, 0.25) is 0 Å². The zero-order valence-electron chi connectivity index (χ0n) is 19.1. The molecule has 8 nitrogen and oxygen atoms in total. The van der Waals surface area contributed by atoms with Crippen LogP contribution in [-0.4, -0.2) is 82.5 Å². The second-order valence-electron chi connectivity index (χ2n) is 8.82. The van der Waals surface area contributed by atoms with Crippen molar-refractivity contribution in [1.82, 2.24) is 14.5 Å². The Kier molecular flexibility index (Phi) is 7.47. The summed E-state index contributed by atoms with van der Waals surface area (Å²) in [7, 11) is 1.56. The van der Waals surface area contributed by atoms with Crippen molar-refractivity contribution in [3.05, 3.63) is 24.0 Å². The number of hydrogen-bond donors (Lipinski definition) is 3. The van der Waals surface area contributed by atoms with Crippen LogP contribution < -0.4 is 10.1 Å². The number of aliphatic hydroxyl groups is 2. The van der Waals surface area contributed by atoms with Crippen molar-refractivity contribution in [2.24, 2.45) is 0 Å². The summed E-state index contributed by atoms with van der Waals surface area (Å²) in [6, 6.07) is 1.80. The average molecular weight is 451 g/mol. The van der Waals surface area contributed by atoms with Gasteiger partial charge in [0, 0.05) is 12.6 Å². The molecule has 172 valence electrons. The fourth-order valence-electron chi connectivity index (χ4n) is 3.56. The van der Waals surface area contributed by atoms with E-state index in [0.717, 1.165) is 18.3 Å². The number of pyridine rings is 1. The number of rotatable bonds is 9. The van der Waals surface area contributed by atoms with Gasteiger partial charge >= 0.3 is 0 Å². The van der Waals surface area contributed by atoms with E-state index in [-0.39, 0.29) is 0 Å². The first kappa shape index (κ1) is 23.8. The highest BCUT2D eigenvalue weighted by Crippen LogP contribution is 2.40. The number of aromatic nitrogens is 3. The zero-order valence-corrected chi connectivity index (χ0v) is 20.0. The van der Waals surface area contributed by atoms with Crippen molar-refractivity contribution < 1.29 is 19.7 Å². The van der Waals surface area contributed by atoms with E-state index in [2.05, 4.69) is 54.8 Å². The molecule has 1 aliphatic heterocycles. The lowest BCUT2D eigenvalue weighted by atomic mass is 10.1. The van der Waals surface area contributed by atoms with Gasteiger partial charge in [0.1, 0.15) is 17.7 Å². The van der Waals surface area contributed by atoms with Crippen LogP contribution >= 0.6 is 6.89 Å². The van der Waals surface area contributed by atoms with E-state index in [0.29, 0.717) is 30.0 Å². The Morgan fingerprint density at radius 3 is 2.77 bits per heavy atom. The third-order valence-electron chi connectivity index (χ3n) is 5.65. The molecule has 1 fully saturated rings. The standard InChI is InChI=1S/C22H35N4O4P/c1-7-14(2)8-10-23-15-12-17(29-3)25-21-18(15)24-13-26(21)22-20(28)19(27)16(30-22)9-11-31(4,5)6/h8,12-13,16,19-20,22,27-28H,4,7,9-11H2,1-3,5-6H3,(H,23,25)/b14-8-/t16-,19-,20-,22?/m1/s1. The number of nitrogens with zero attached hydrogens (tertiary/aromatic N) is 3. The second kappa shape index (κ2) is 9.74. The van der Waals surface area contributed by atoms with Crippen LogP contribution in [0.15, 0.2) is 24.0 Å². The van der Waals surface area contributed by atoms with Crippen LogP contribution in [0.5, 0.6) is 5.88 Å². The molecule has 0 bridgehead atoms. The Bertz CT molecular complexity index is 983. The molecule has 1 aliphatic rings. The van der Waals surface area contributed by atoms with Crippen molar-refractivity contribution in [2.75, 3.05) is 38.5 Å². The highest BCUT2D eigenvalue weighted by molar-refractivity contribution is 7.72. The summed E-state index contributed by atoms with van der Waals surface area (Å²) in [5, 5.41) is 24.6. The summed E-state index contributed by atoms with van der Waals surface area (Å²) in [6.07, 6.45) is 7.20. The maximum atomic E-state index is 10.7. The third-order valence-corrected chi connectivity index (χ3v) is 7.12. The van der Waals surface area contributed by atoms with Gasteiger partial charge < -0.3 is 25.0 Å². The maximum absolute atomic E-state index is 10.7. The lowest BCUT2D eigenvalue weighted by Crippen LogP contribution is -2.31. The maximum Gasteiger partial charge on any atom is 0.217 e. The molecule has 0 radical (unpaired) electrons. The lowest BCUT2D eigenvalue weighted by Gasteiger charge is -2.18. The molecule has 0 spiro atoms. The van der Waals surface area contributed by atoms with E-state index in [4.69, 9.17) is 9.47 Å². The summed E-state index contributed by atoms with van der Waals surface area (Å²) < 4.78 is 13.1. The normalized spacial score (nSPS) is 24.7. The number of ether oxygens (including phenoxy) is 2. The molecule has 0 saturated carbocycles. The van der Waals surface area contributed by atoms with E-state index >= 15 is 0 Å². The molecule has 31 heavy (non-hydrogen) atoms. The van der Waals surface area contributed by atoms with Gasteiger partial charge in [-0.1, -0.05) is 18.6 Å². The van der Waals surface area contributed by atoms with Gasteiger partial charge in [0.15, 0.2) is 11.9 Å². The molecule has 3 N–H and O–H groups in total. The van der Waals surface area contributed by atoms with Gasteiger partial charge in [0.05, 0.1) is 25.2 Å². The zero-order chi connectivity index (χ0) is 22.8. The molecule has 0 amide bonds. The number of hydrogen-bond acceptors (Lipinski definition) is 7. The first-order valence-electron chi connectivity index (χ1n) is 10.6. The van der Waals surface area contributed by atoms with Crippen molar-refractivity contribution in [3.63, 3.8) is 0 Å². The molecular formula is C22H35N4O4P. The Morgan fingerprint density at radius 1 is 1.39 bits per heavy atom. The van der Waals surface area contributed by atoms with Crippen LogP contribution in [0, 0.1) is 0 Å². The van der Waals surface area contributed by atoms with Gasteiger partial charge in [-0.05, 0) is 39.3 Å². The molecule has 3 rings (SSSR count). The Hall–Kier alpha value is -1.86. The van der Waals surface area contributed by atoms with E-state index in [1.807, 2.05) is 0 Å². The van der Waals surface area contributed by atoms with Crippen LogP contribution in [0.4, 0.5) is 5.69 Å². The second-order valence-corrected chi connectivity index (χ2v) is 13.1. The molecule has 2 aromatic heterocycles. The number of aliphatic hydroxyl groups excluding tert-OH is 2.